The second kappa shape index (κ2) is 4.20. The maximum Gasteiger partial charge on any atom is 0.303 e. The molecule has 2 atom stereocenters. The van der Waals surface area contributed by atoms with E-state index < -0.39 is 18.1 Å². The van der Waals surface area contributed by atoms with Gasteiger partial charge in [-0.3, -0.25) is 14.9 Å². The van der Waals surface area contributed by atoms with E-state index in [1.807, 2.05) is 0 Å². The molecule has 13 heavy (non-hydrogen) atoms. The van der Waals surface area contributed by atoms with Crippen molar-refractivity contribution < 1.29 is 14.5 Å². The fraction of sp³-hybridized carbons (Fsp3) is 0.875. The van der Waals surface area contributed by atoms with Crippen LogP contribution in [-0.4, -0.2) is 23.0 Å². The van der Waals surface area contributed by atoms with Gasteiger partial charge < -0.3 is 4.74 Å². The average molecular weight is 187 g/mol. The van der Waals surface area contributed by atoms with Gasteiger partial charge in [0, 0.05) is 18.3 Å². The zero-order chi connectivity index (χ0) is 9.84. The topological polar surface area (TPSA) is 69.4 Å². The van der Waals surface area contributed by atoms with Gasteiger partial charge in [0.2, 0.25) is 6.04 Å². The van der Waals surface area contributed by atoms with Crippen LogP contribution in [0.5, 0.6) is 0 Å². The predicted molar refractivity (Wildman–Crippen MR) is 44.8 cm³/mol. The summed E-state index contributed by atoms with van der Waals surface area (Å²) in [7, 11) is 0. The van der Waals surface area contributed by atoms with E-state index in [2.05, 4.69) is 0 Å². The Bertz CT molecular complexity index is 216. The van der Waals surface area contributed by atoms with E-state index in [-0.39, 0.29) is 4.92 Å². The summed E-state index contributed by atoms with van der Waals surface area (Å²) in [6, 6.07) is -0.697. The molecule has 0 unspecified atom stereocenters. The lowest BCUT2D eigenvalue weighted by Gasteiger charge is -2.24. The Morgan fingerprint density at radius 2 is 2.08 bits per heavy atom. The molecule has 0 aromatic heterocycles. The highest BCUT2D eigenvalue weighted by Gasteiger charge is 2.36. The van der Waals surface area contributed by atoms with E-state index >= 15 is 0 Å². The maximum absolute atomic E-state index is 10.6. The van der Waals surface area contributed by atoms with Crippen LogP contribution in [0.25, 0.3) is 0 Å². The van der Waals surface area contributed by atoms with Crippen LogP contribution in [0.4, 0.5) is 0 Å². The molecule has 0 bridgehead atoms. The first-order chi connectivity index (χ1) is 6.11. The van der Waals surface area contributed by atoms with Crippen molar-refractivity contribution in [2.75, 3.05) is 0 Å². The molecule has 1 rings (SSSR count). The minimum absolute atomic E-state index is 0.341. The van der Waals surface area contributed by atoms with Gasteiger partial charge in [-0.25, -0.2) is 0 Å². The molecular weight excluding hydrogens is 174 g/mol. The number of esters is 1. The SMILES string of the molecule is CC(=O)O[C@H]1CCCC[C@@H]1[N+](=O)[O-]. The van der Waals surface area contributed by atoms with Gasteiger partial charge >= 0.3 is 5.97 Å². The van der Waals surface area contributed by atoms with Crippen LogP contribution in [0.1, 0.15) is 32.6 Å². The maximum atomic E-state index is 10.6. The summed E-state index contributed by atoms with van der Waals surface area (Å²) in [4.78, 5) is 20.9. The molecule has 1 saturated carbocycles. The normalized spacial score (nSPS) is 28.1. The van der Waals surface area contributed by atoms with Gasteiger partial charge in [0.25, 0.3) is 0 Å². The summed E-state index contributed by atoms with van der Waals surface area (Å²) in [5, 5.41) is 10.6. The fourth-order valence-electron chi connectivity index (χ4n) is 1.67. The van der Waals surface area contributed by atoms with Gasteiger partial charge in [-0.15, -0.1) is 0 Å². The largest absolute Gasteiger partial charge is 0.455 e. The van der Waals surface area contributed by atoms with E-state index in [4.69, 9.17) is 4.74 Å². The molecular formula is C8H13NO4. The summed E-state index contributed by atoms with van der Waals surface area (Å²) in [5.41, 5.74) is 0. The lowest BCUT2D eigenvalue weighted by atomic mass is 9.93. The Labute approximate surface area is 76.2 Å². The highest BCUT2D eigenvalue weighted by molar-refractivity contribution is 5.66. The summed E-state index contributed by atoms with van der Waals surface area (Å²) in [6.07, 6.45) is 2.38. The lowest BCUT2D eigenvalue weighted by Crippen LogP contribution is -2.39. The molecule has 0 aliphatic heterocycles. The number of nitro groups is 1. The standard InChI is InChI=1S/C8H13NO4/c1-6(10)13-8-5-3-2-4-7(8)9(11)12/h7-8H,2-5H2,1H3/t7-,8-/m0/s1. The Morgan fingerprint density at radius 1 is 1.46 bits per heavy atom. The molecule has 1 aliphatic rings. The lowest BCUT2D eigenvalue weighted by molar-refractivity contribution is -0.537. The van der Waals surface area contributed by atoms with E-state index in [9.17, 15) is 14.9 Å². The van der Waals surface area contributed by atoms with Gasteiger partial charge in [0.05, 0.1) is 0 Å². The van der Waals surface area contributed by atoms with Crippen LogP contribution < -0.4 is 0 Å². The van der Waals surface area contributed by atoms with Crippen molar-refractivity contribution in [2.45, 2.75) is 44.8 Å². The third-order valence-electron chi connectivity index (χ3n) is 2.26. The smallest absolute Gasteiger partial charge is 0.303 e. The number of rotatable bonds is 2. The van der Waals surface area contributed by atoms with Crippen LogP contribution >= 0.6 is 0 Å². The summed E-state index contributed by atoms with van der Waals surface area (Å²) >= 11 is 0. The molecule has 0 radical (unpaired) electrons. The van der Waals surface area contributed by atoms with Crippen LogP contribution in [-0.2, 0) is 9.53 Å². The Morgan fingerprint density at radius 3 is 2.62 bits per heavy atom. The highest BCUT2D eigenvalue weighted by Crippen LogP contribution is 2.23. The van der Waals surface area contributed by atoms with Gasteiger partial charge in [-0.2, -0.15) is 0 Å². The molecule has 0 aromatic rings. The van der Waals surface area contributed by atoms with Gasteiger partial charge in [0.1, 0.15) is 0 Å². The summed E-state index contributed by atoms with van der Waals surface area (Å²) in [5.74, 6) is -0.432. The predicted octanol–water partition coefficient (Wildman–Crippen LogP) is 1.14. The number of hydrogen-bond donors (Lipinski definition) is 0. The molecule has 0 N–H and O–H groups in total. The average Bonchev–Trinajstić information content (AvgIpc) is 2.03. The summed E-state index contributed by atoms with van der Waals surface area (Å²) in [6.45, 7) is 1.28. The Balaban J connectivity index is 2.56. The van der Waals surface area contributed by atoms with Crippen molar-refractivity contribution in [1.29, 1.82) is 0 Å². The quantitative estimate of drug-likeness (QED) is 0.369. The van der Waals surface area contributed by atoms with Crippen molar-refractivity contribution in [1.82, 2.24) is 0 Å². The third kappa shape index (κ3) is 2.68. The van der Waals surface area contributed by atoms with Crippen LogP contribution in [0.15, 0.2) is 0 Å². The monoisotopic (exact) mass is 187 g/mol. The van der Waals surface area contributed by atoms with E-state index in [1.165, 1.54) is 6.92 Å². The first kappa shape index (κ1) is 9.95. The molecule has 0 spiro atoms. The second-order valence-corrected chi connectivity index (χ2v) is 3.29. The second-order valence-electron chi connectivity index (χ2n) is 3.29. The number of nitrogens with zero attached hydrogens (tertiary/aromatic N) is 1. The Kier molecular flexibility index (Phi) is 3.22. The first-order valence-corrected chi connectivity index (χ1v) is 4.42. The highest BCUT2D eigenvalue weighted by atomic mass is 16.6. The molecule has 5 heteroatoms. The number of ether oxygens (including phenoxy) is 1. The first-order valence-electron chi connectivity index (χ1n) is 4.42. The number of carbonyl (C=O) groups excluding carboxylic acids is 1. The molecule has 5 nitrogen and oxygen atoms in total. The minimum atomic E-state index is -0.697. The van der Waals surface area contributed by atoms with E-state index in [0.29, 0.717) is 12.8 Å². The molecule has 0 heterocycles. The number of carbonyl (C=O) groups is 1. The summed E-state index contributed by atoms with van der Waals surface area (Å²) < 4.78 is 4.88. The molecule has 74 valence electrons. The zero-order valence-electron chi connectivity index (χ0n) is 7.56. The van der Waals surface area contributed by atoms with Crippen molar-refractivity contribution in [2.24, 2.45) is 0 Å². The molecule has 0 aromatic carbocycles. The fourth-order valence-corrected chi connectivity index (χ4v) is 1.67. The molecule has 0 saturated heterocycles. The molecule has 1 fully saturated rings. The van der Waals surface area contributed by atoms with Gasteiger partial charge in [-0.1, -0.05) is 0 Å². The molecule has 1 aliphatic carbocycles. The van der Waals surface area contributed by atoms with E-state index in [0.717, 1.165) is 12.8 Å². The van der Waals surface area contributed by atoms with Crippen LogP contribution in [0.3, 0.4) is 0 Å². The Hall–Kier alpha value is -1.13. The van der Waals surface area contributed by atoms with Crippen LogP contribution in [0, 0.1) is 10.1 Å². The van der Waals surface area contributed by atoms with Crippen LogP contribution in [0.2, 0.25) is 0 Å². The van der Waals surface area contributed by atoms with Gasteiger partial charge in [-0.05, 0) is 19.3 Å². The molecule has 0 amide bonds. The van der Waals surface area contributed by atoms with Gasteiger partial charge in [0.15, 0.2) is 6.10 Å². The number of hydrogen-bond acceptors (Lipinski definition) is 4. The van der Waals surface area contributed by atoms with Crippen molar-refractivity contribution in [3.63, 3.8) is 0 Å². The zero-order valence-corrected chi connectivity index (χ0v) is 7.56. The van der Waals surface area contributed by atoms with E-state index in [1.54, 1.807) is 0 Å². The van der Waals surface area contributed by atoms with Crippen molar-refractivity contribution in [3.05, 3.63) is 10.1 Å². The van der Waals surface area contributed by atoms with Crippen molar-refractivity contribution in [3.8, 4) is 0 Å². The van der Waals surface area contributed by atoms with Crippen molar-refractivity contribution >= 4 is 5.97 Å². The minimum Gasteiger partial charge on any atom is -0.455 e. The third-order valence-corrected chi connectivity index (χ3v) is 2.26.